The van der Waals surface area contributed by atoms with Crippen LogP contribution in [0.1, 0.15) is 16.7 Å². The minimum Gasteiger partial charge on any atom is -0.310 e. The van der Waals surface area contributed by atoms with E-state index in [1.165, 1.54) is 44.5 Å². The van der Waals surface area contributed by atoms with E-state index in [-0.39, 0.29) is 0 Å². The average molecular weight is 416 g/mol. The molecule has 0 radical (unpaired) electrons. The summed E-state index contributed by atoms with van der Waals surface area (Å²) < 4.78 is 0. The number of aryl methyl sites for hydroxylation is 2. The van der Waals surface area contributed by atoms with Crippen LogP contribution in [-0.2, 0) is 5.33 Å². The summed E-state index contributed by atoms with van der Waals surface area (Å²) >= 11 is 3.57. The van der Waals surface area contributed by atoms with Crippen LogP contribution in [0.3, 0.4) is 0 Å². The van der Waals surface area contributed by atoms with Gasteiger partial charge in [-0.2, -0.15) is 0 Å². The molecule has 134 valence electrons. The molecule has 0 N–H and O–H groups in total. The molecular weight excluding hydrogens is 394 g/mol. The minimum absolute atomic E-state index is 0.868. The lowest BCUT2D eigenvalue weighted by Gasteiger charge is -2.26. The highest BCUT2D eigenvalue weighted by atomic mass is 79.9. The Hall–Kier alpha value is -2.58. The first kappa shape index (κ1) is 17.8. The number of rotatable bonds is 4. The number of anilines is 3. The van der Waals surface area contributed by atoms with Gasteiger partial charge in [-0.15, -0.1) is 0 Å². The Morgan fingerprint density at radius 2 is 1.11 bits per heavy atom. The van der Waals surface area contributed by atoms with Gasteiger partial charge in [-0.3, -0.25) is 0 Å². The lowest BCUT2D eigenvalue weighted by atomic mass is 10.1. The molecule has 0 saturated carbocycles. The summed E-state index contributed by atoms with van der Waals surface area (Å²) in [4.78, 5) is 2.32. The van der Waals surface area contributed by atoms with Crippen LogP contribution in [0.2, 0.25) is 0 Å². The van der Waals surface area contributed by atoms with Crippen LogP contribution in [0.4, 0.5) is 17.1 Å². The zero-order chi connectivity index (χ0) is 18.8. The second kappa shape index (κ2) is 7.58. The molecule has 1 nitrogen and oxygen atoms in total. The van der Waals surface area contributed by atoms with Gasteiger partial charge in [0.05, 0.1) is 0 Å². The van der Waals surface area contributed by atoms with Gasteiger partial charge in [0, 0.05) is 22.4 Å². The van der Waals surface area contributed by atoms with E-state index >= 15 is 0 Å². The summed E-state index contributed by atoms with van der Waals surface area (Å²) in [7, 11) is 0. The zero-order valence-electron chi connectivity index (χ0n) is 15.6. The van der Waals surface area contributed by atoms with Crippen molar-refractivity contribution in [3.63, 3.8) is 0 Å². The van der Waals surface area contributed by atoms with E-state index in [9.17, 15) is 0 Å². The van der Waals surface area contributed by atoms with Crippen LogP contribution in [-0.4, -0.2) is 0 Å². The van der Waals surface area contributed by atoms with Gasteiger partial charge in [-0.1, -0.05) is 75.6 Å². The summed E-state index contributed by atoms with van der Waals surface area (Å²) in [6.07, 6.45) is 0. The summed E-state index contributed by atoms with van der Waals surface area (Å²) in [6, 6.07) is 30.7. The van der Waals surface area contributed by atoms with Crippen LogP contribution < -0.4 is 4.90 Å². The topological polar surface area (TPSA) is 3.24 Å². The summed E-state index contributed by atoms with van der Waals surface area (Å²) in [5.74, 6) is 0. The fourth-order valence-electron chi connectivity index (χ4n) is 3.34. The van der Waals surface area contributed by atoms with Crippen LogP contribution in [0, 0.1) is 13.8 Å². The SMILES string of the molecule is Cc1ccc(N(c2ccc(C)cc2)c2ccc3ccc(CBr)cc3c2)cc1. The quantitative estimate of drug-likeness (QED) is 0.307. The van der Waals surface area contributed by atoms with Gasteiger partial charge in [0.2, 0.25) is 0 Å². The first-order valence-corrected chi connectivity index (χ1v) is 10.3. The molecule has 4 rings (SSSR count). The molecule has 27 heavy (non-hydrogen) atoms. The van der Waals surface area contributed by atoms with E-state index in [4.69, 9.17) is 0 Å². The van der Waals surface area contributed by atoms with Gasteiger partial charge < -0.3 is 4.90 Å². The smallest absolute Gasteiger partial charge is 0.0468 e. The Balaban J connectivity index is 1.88. The lowest BCUT2D eigenvalue weighted by Crippen LogP contribution is -2.09. The van der Waals surface area contributed by atoms with Gasteiger partial charge >= 0.3 is 0 Å². The van der Waals surface area contributed by atoms with Crippen molar-refractivity contribution in [3.8, 4) is 0 Å². The molecule has 2 heteroatoms. The molecule has 0 atom stereocenters. The van der Waals surface area contributed by atoms with E-state index < -0.39 is 0 Å². The lowest BCUT2D eigenvalue weighted by molar-refractivity contribution is 1.27. The molecule has 0 aromatic heterocycles. The normalized spacial score (nSPS) is 10.9. The highest BCUT2D eigenvalue weighted by Gasteiger charge is 2.13. The Morgan fingerprint density at radius 1 is 0.593 bits per heavy atom. The zero-order valence-corrected chi connectivity index (χ0v) is 17.2. The van der Waals surface area contributed by atoms with Crippen LogP contribution in [0.5, 0.6) is 0 Å². The van der Waals surface area contributed by atoms with E-state index in [0.717, 1.165) is 5.33 Å². The highest BCUT2D eigenvalue weighted by Crippen LogP contribution is 2.36. The standard InChI is InChI=1S/C25H22BrN/c1-18-3-10-23(11-4-18)27(24-12-5-19(2)6-13-24)25-14-9-21-8-7-20(17-26)15-22(21)16-25/h3-16H,17H2,1-2H3. The molecule has 0 aliphatic rings. The Labute approximate surface area is 169 Å². The molecule has 0 heterocycles. The Kier molecular flexibility index (Phi) is 5.00. The maximum atomic E-state index is 3.57. The predicted octanol–water partition coefficient (Wildman–Crippen LogP) is 7.82. The second-order valence-electron chi connectivity index (χ2n) is 7.01. The second-order valence-corrected chi connectivity index (χ2v) is 7.57. The van der Waals surface area contributed by atoms with Crippen molar-refractivity contribution < 1.29 is 0 Å². The first-order chi connectivity index (χ1) is 13.1. The predicted molar refractivity (Wildman–Crippen MR) is 121 cm³/mol. The molecule has 0 unspecified atom stereocenters. The largest absolute Gasteiger partial charge is 0.310 e. The van der Waals surface area contributed by atoms with Crippen LogP contribution in [0.25, 0.3) is 10.8 Å². The minimum atomic E-state index is 0.868. The fourth-order valence-corrected chi connectivity index (χ4v) is 3.69. The van der Waals surface area contributed by atoms with E-state index in [0.29, 0.717) is 0 Å². The molecule has 4 aromatic carbocycles. The van der Waals surface area contributed by atoms with Gasteiger partial charge in [0.1, 0.15) is 0 Å². The third kappa shape index (κ3) is 3.77. The van der Waals surface area contributed by atoms with Crippen molar-refractivity contribution in [1.29, 1.82) is 0 Å². The van der Waals surface area contributed by atoms with Crippen molar-refractivity contribution >= 4 is 43.8 Å². The summed E-state index contributed by atoms with van der Waals surface area (Å²) in [5.41, 5.74) is 7.32. The molecular formula is C25H22BrN. The van der Waals surface area contributed by atoms with Gasteiger partial charge in [-0.25, -0.2) is 0 Å². The van der Waals surface area contributed by atoms with E-state index in [1.807, 2.05) is 0 Å². The molecule has 0 aliphatic heterocycles. The number of alkyl halides is 1. The third-order valence-corrected chi connectivity index (χ3v) is 5.53. The number of hydrogen-bond acceptors (Lipinski definition) is 1. The average Bonchev–Trinajstić information content (AvgIpc) is 2.70. The number of fused-ring (bicyclic) bond motifs is 1. The third-order valence-electron chi connectivity index (χ3n) is 4.89. The van der Waals surface area contributed by atoms with Gasteiger partial charge in [0.25, 0.3) is 0 Å². The van der Waals surface area contributed by atoms with Crippen LogP contribution in [0.15, 0.2) is 84.9 Å². The Bertz CT molecular complexity index is 1020. The van der Waals surface area contributed by atoms with E-state index in [1.54, 1.807) is 0 Å². The van der Waals surface area contributed by atoms with Crippen molar-refractivity contribution in [1.82, 2.24) is 0 Å². The van der Waals surface area contributed by atoms with Crippen LogP contribution >= 0.6 is 15.9 Å². The number of hydrogen-bond donors (Lipinski definition) is 0. The summed E-state index contributed by atoms with van der Waals surface area (Å²) in [6.45, 7) is 4.25. The molecule has 0 amide bonds. The molecule has 0 spiro atoms. The number of nitrogens with zero attached hydrogens (tertiary/aromatic N) is 1. The van der Waals surface area contributed by atoms with Gasteiger partial charge in [0.15, 0.2) is 0 Å². The number of halogens is 1. The highest BCUT2D eigenvalue weighted by molar-refractivity contribution is 9.08. The first-order valence-electron chi connectivity index (χ1n) is 9.16. The van der Waals surface area contributed by atoms with Crippen molar-refractivity contribution in [2.45, 2.75) is 19.2 Å². The maximum Gasteiger partial charge on any atom is 0.0468 e. The molecule has 0 fully saturated rings. The number of benzene rings is 4. The molecule has 0 bridgehead atoms. The molecule has 4 aromatic rings. The molecule has 0 saturated heterocycles. The monoisotopic (exact) mass is 415 g/mol. The van der Waals surface area contributed by atoms with Crippen molar-refractivity contribution in [3.05, 3.63) is 102 Å². The van der Waals surface area contributed by atoms with Crippen molar-refractivity contribution in [2.24, 2.45) is 0 Å². The van der Waals surface area contributed by atoms with E-state index in [2.05, 4.69) is 120 Å². The van der Waals surface area contributed by atoms with Crippen molar-refractivity contribution in [2.75, 3.05) is 4.90 Å². The maximum absolute atomic E-state index is 3.57. The summed E-state index contributed by atoms with van der Waals surface area (Å²) in [5, 5.41) is 3.39. The Morgan fingerprint density at radius 3 is 1.67 bits per heavy atom. The van der Waals surface area contributed by atoms with Gasteiger partial charge in [-0.05, 0) is 66.6 Å². The fraction of sp³-hybridized carbons (Fsp3) is 0.120. The molecule has 0 aliphatic carbocycles.